The van der Waals surface area contributed by atoms with Crippen LogP contribution in [0.5, 0.6) is 0 Å². The number of amides is 1. The molecule has 0 aromatic heterocycles. The van der Waals surface area contributed by atoms with Crippen LogP contribution in [0.25, 0.3) is 0 Å². The van der Waals surface area contributed by atoms with Gasteiger partial charge in [0.1, 0.15) is 0 Å². The van der Waals surface area contributed by atoms with Crippen molar-refractivity contribution in [2.45, 2.75) is 26.3 Å². The summed E-state index contributed by atoms with van der Waals surface area (Å²) in [6, 6.07) is 0. The number of nitrogens with zero attached hydrogens (tertiary/aromatic N) is 1. The molecule has 1 rings (SSSR count). The molecule has 0 saturated carbocycles. The van der Waals surface area contributed by atoms with E-state index in [1.807, 2.05) is 0 Å². The van der Waals surface area contributed by atoms with Gasteiger partial charge in [-0.3, -0.25) is 9.69 Å². The van der Waals surface area contributed by atoms with Crippen molar-refractivity contribution < 1.29 is 4.79 Å². The normalized spacial score (nSPS) is 19.6. The highest BCUT2D eigenvalue weighted by Crippen LogP contribution is 2.24. The van der Waals surface area contributed by atoms with Crippen molar-refractivity contribution in [3.8, 4) is 0 Å². The second-order valence-electron chi connectivity index (χ2n) is 4.18. The van der Waals surface area contributed by atoms with Crippen LogP contribution in [0.15, 0.2) is 0 Å². The number of hydrogen-bond acceptors (Lipinski definition) is 2. The third-order valence-corrected chi connectivity index (χ3v) is 2.23. The minimum absolute atomic E-state index is 0. The van der Waals surface area contributed by atoms with Crippen molar-refractivity contribution >= 4 is 18.3 Å². The number of carbonyl (C=O) groups is 1. The van der Waals surface area contributed by atoms with Crippen molar-refractivity contribution in [3.05, 3.63) is 0 Å². The van der Waals surface area contributed by atoms with Gasteiger partial charge in [0.25, 0.3) is 0 Å². The quantitative estimate of drug-likeness (QED) is 0.663. The Labute approximate surface area is 79.7 Å². The second-order valence-corrected chi connectivity index (χ2v) is 4.18. The summed E-state index contributed by atoms with van der Waals surface area (Å²) in [7, 11) is 0. The van der Waals surface area contributed by atoms with Gasteiger partial charge in [0, 0.05) is 18.6 Å². The molecule has 0 aliphatic carbocycles. The van der Waals surface area contributed by atoms with Crippen LogP contribution in [0.2, 0.25) is 0 Å². The van der Waals surface area contributed by atoms with Crippen LogP contribution < -0.4 is 5.73 Å². The third-order valence-electron chi connectivity index (χ3n) is 2.23. The van der Waals surface area contributed by atoms with Crippen LogP contribution in [-0.2, 0) is 4.79 Å². The maximum atomic E-state index is 10.6. The summed E-state index contributed by atoms with van der Waals surface area (Å²) < 4.78 is 0. The summed E-state index contributed by atoms with van der Waals surface area (Å²) in [5, 5.41) is 0. The van der Waals surface area contributed by atoms with Crippen LogP contribution in [0.1, 0.15) is 20.8 Å². The maximum Gasteiger partial charge on any atom is 0.223 e. The van der Waals surface area contributed by atoms with E-state index in [4.69, 9.17) is 5.73 Å². The van der Waals surface area contributed by atoms with Gasteiger partial charge in [0.15, 0.2) is 0 Å². The molecule has 0 aromatic carbocycles. The van der Waals surface area contributed by atoms with Gasteiger partial charge in [-0.1, -0.05) is 0 Å². The first-order valence-corrected chi connectivity index (χ1v) is 3.95. The molecule has 0 bridgehead atoms. The average Bonchev–Trinajstić information content (AvgIpc) is 1.51. The van der Waals surface area contributed by atoms with Gasteiger partial charge < -0.3 is 5.73 Å². The van der Waals surface area contributed by atoms with Crippen molar-refractivity contribution in [2.24, 2.45) is 11.7 Å². The number of rotatable bonds is 1. The third kappa shape index (κ3) is 2.35. The lowest BCUT2D eigenvalue weighted by Gasteiger charge is -2.46. The Morgan fingerprint density at radius 2 is 1.83 bits per heavy atom. The van der Waals surface area contributed by atoms with Crippen LogP contribution in [-0.4, -0.2) is 29.4 Å². The van der Waals surface area contributed by atoms with Gasteiger partial charge in [0.2, 0.25) is 5.91 Å². The zero-order valence-corrected chi connectivity index (χ0v) is 8.65. The first kappa shape index (κ1) is 11.7. The fourth-order valence-electron chi connectivity index (χ4n) is 1.21. The van der Waals surface area contributed by atoms with Crippen molar-refractivity contribution in [1.29, 1.82) is 0 Å². The highest BCUT2D eigenvalue weighted by atomic mass is 35.5. The molecule has 0 atom stereocenters. The van der Waals surface area contributed by atoms with E-state index in [2.05, 4.69) is 25.7 Å². The molecule has 3 nitrogen and oxygen atoms in total. The van der Waals surface area contributed by atoms with Gasteiger partial charge in [-0.15, -0.1) is 12.4 Å². The molecule has 1 aliphatic heterocycles. The molecule has 0 spiro atoms. The monoisotopic (exact) mass is 192 g/mol. The van der Waals surface area contributed by atoms with Gasteiger partial charge in [0.05, 0.1) is 5.92 Å². The lowest BCUT2D eigenvalue weighted by molar-refractivity contribution is -0.129. The molecule has 2 N–H and O–H groups in total. The average molecular weight is 193 g/mol. The van der Waals surface area contributed by atoms with E-state index < -0.39 is 0 Å². The van der Waals surface area contributed by atoms with Crippen LogP contribution in [0.4, 0.5) is 0 Å². The number of halogens is 1. The SMILES string of the molecule is CC(C)(C)N1CC(C(N)=O)C1.Cl. The highest BCUT2D eigenvalue weighted by molar-refractivity contribution is 5.85. The van der Waals surface area contributed by atoms with Gasteiger partial charge in [-0.25, -0.2) is 0 Å². The summed E-state index contributed by atoms with van der Waals surface area (Å²) in [5.41, 5.74) is 5.32. The molecule has 1 fully saturated rings. The molecule has 0 unspecified atom stereocenters. The molecule has 1 amide bonds. The van der Waals surface area contributed by atoms with Gasteiger partial charge >= 0.3 is 0 Å². The Morgan fingerprint density at radius 3 is 2.08 bits per heavy atom. The van der Waals surface area contributed by atoms with Gasteiger partial charge in [-0.2, -0.15) is 0 Å². The molecule has 1 heterocycles. The molecule has 72 valence electrons. The molecular weight excluding hydrogens is 176 g/mol. The Hall–Kier alpha value is -0.280. The largest absolute Gasteiger partial charge is 0.369 e. The van der Waals surface area contributed by atoms with Gasteiger partial charge in [-0.05, 0) is 20.8 Å². The van der Waals surface area contributed by atoms with E-state index in [-0.39, 0.29) is 29.8 Å². The minimum atomic E-state index is -0.162. The van der Waals surface area contributed by atoms with Crippen molar-refractivity contribution in [1.82, 2.24) is 4.90 Å². The highest BCUT2D eigenvalue weighted by Gasteiger charge is 2.36. The maximum absolute atomic E-state index is 10.6. The van der Waals surface area contributed by atoms with Crippen LogP contribution in [0, 0.1) is 5.92 Å². The molecule has 0 aromatic rings. The zero-order valence-electron chi connectivity index (χ0n) is 7.83. The predicted molar refractivity (Wildman–Crippen MR) is 51.3 cm³/mol. The Balaban J connectivity index is 0.00000121. The lowest BCUT2D eigenvalue weighted by Crippen LogP contribution is -2.59. The fourth-order valence-corrected chi connectivity index (χ4v) is 1.21. The Kier molecular flexibility index (Phi) is 3.54. The first-order chi connectivity index (χ1) is 4.91. The smallest absolute Gasteiger partial charge is 0.223 e. The summed E-state index contributed by atoms with van der Waals surface area (Å²) in [5.74, 6) is -0.0697. The zero-order chi connectivity index (χ0) is 8.65. The number of carbonyl (C=O) groups excluding carboxylic acids is 1. The van der Waals surface area contributed by atoms with E-state index in [0.717, 1.165) is 13.1 Å². The van der Waals surface area contributed by atoms with E-state index in [0.29, 0.717) is 0 Å². The van der Waals surface area contributed by atoms with E-state index >= 15 is 0 Å². The summed E-state index contributed by atoms with van der Waals surface area (Å²) in [6.45, 7) is 8.09. The molecule has 1 aliphatic rings. The van der Waals surface area contributed by atoms with E-state index in [9.17, 15) is 4.79 Å². The summed E-state index contributed by atoms with van der Waals surface area (Å²) in [6.07, 6.45) is 0. The molecule has 12 heavy (non-hydrogen) atoms. The summed E-state index contributed by atoms with van der Waals surface area (Å²) in [4.78, 5) is 12.9. The molecule has 1 saturated heterocycles. The lowest BCUT2D eigenvalue weighted by atomic mass is 9.92. The number of nitrogens with two attached hydrogens (primary N) is 1. The fraction of sp³-hybridized carbons (Fsp3) is 0.875. The Morgan fingerprint density at radius 1 is 1.42 bits per heavy atom. The van der Waals surface area contributed by atoms with Crippen molar-refractivity contribution in [3.63, 3.8) is 0 Å². The molecule has 0 radical (unpaired) electrons. The Bertz CT molecular complexity index is 170. The summed E-state index contributed by atoms with van der Waals surface area (Å²) >= 11 is 0. The molecule has 4 heteroatoms. The van der Waals surface area contributed by atoms with Crippen LogP contribution >= 0.6 is 12.4 Å². The minimum Gasteiger partial charge on any atom is -0.369 e. The number of hydrogen-bond donors (Lipinski definition) is 1. The number of likely N-dealkylation sites (tertiary alicyclic amines) is 1. The standard InChI is InChI=1S/C8H16N2O.ClH/c1-8(2,3)10-4-6(5-10)7(9)11;/h6H,4-5H2,1-3H3,(H2,9,11);1H. The number of primary amides is 1. The van der Waals surface area contributed by atoms with Crippen molar-refractivity contribution in [2.75, 3.05) is 13.1 Å². The predicted octanol–water partition coefficient (Wildman–Crippen LogP) is 0.624. The van der Waals surface area contributed by atoms with E-state index in [1.54, 1.807) is 0 Å². The topological polar surface area (TPSA) is 46.3 Å². The van der Waals surface area contributed by atoms with E-state index in [1.165, 1.54) is 0 Å². The molecular formula is C8H17ClN2O. The second kappa shape index (κ2) is 3.62. The first-order valence-electron chi connectivity index (χ1n) is 3.95. The van der Waals surface area contributed by atoms with Crippen LogP contribution in [0.3, 0.4) is 0 Å².